The highest BCUT2D eigenvalue weighted by molar-refractivity contribution is 5.97. The van der Waals surface area contributed by atoms with Crippen LogP contribution in [-0.4, -0.2) is 23.8 Å². The van der Waals surface area contributed by atoms with Gasteiger partial charge in [-0.05, 0) is 61.4 Å². The van der Waals surface area contributed by atoms with Crippen molar-refractivity contribution in [2.45, 2.75) is 33.2 Å². The Hall–Kier alpha value is -3.35. The summed E-state index contributed by atoms with van der Waals surface area (Å²) in [6, 6.07) is 13.1. The predicted molar refractivity (Wildman–Crippen MR) is 111 cm³/mol. The van der Waals surface area contributed by atoms with Gasteiger partial charge in [0.2, 0.25) is 17.7 Å². The molecule has 0 aliphatic heterocycles. The molecule has 0 heterocycles. The zero-order chi connectivity index (χ0) is 20.7. The molecule has 0 saturated carbocycles. The Labute approximate surface area is 164 Å². The minimum absolute atomic E-state index is 0.0224. The van der Waals surface area contributed by atoms with Gasteiger partial charge in [0.25, 0.3) is 0 Å². The molecule has 2 aromatic rings. The lowest BCUT2D eigenvalue weighted by Crippen LogP contribution is -2.31. The van der Waals surface area contributed by atoms with Crippen molar-refractivity contribution in [3.63, 3.8) is 0 Å². The molecule has 0 radical (unpaired) electrons. The average Bonchev–Trinajstić information content (AvgIpc) is 2.63. The van der Waals surface area contributed by atoms with E-state index >= 15 is 0 Å². The first-order valence-corrected chi connectivity index (χ1v) is 9.11. The van der Waals surface area contributed by atoms with Gasteiger partial charge in [0.15, 0.2) is 0 Å². The molecule has 0 spiro atoms. The van der Waals surface area contributed by atoms with Crippen molar-refractivity contribution in [3.05, 3.63) is 54.1 Å². The number of hydrogen-bond acceptors (Lipinski definition) is 4. The molecular formula is C21H26N4O3. The molecule has 0 fully saturated rings. The molecule has 1 atom stereocenters. The number of hydrogen-bond donors (Lipinski definition) is 4. The minimum Gasteiger partial charge on any atom is -0.374 e. The minimum atomic E-state index is -0.517. The summed E-state index contributed by atoms with van der Waals surface area (Å²) in [6.45, 7) is 5.72. The maximum Gasteiger partial charge on any atom is 0.248 e. The van der Waals surface area contributed by atoms with Gasteiger partial charge >= 0.3 is 0 Å². The summed E-state index contributed by atoms with van der Waals surface area (Å²) in [5.74, 6) is -0.462. The van der Waals surface area contributed by atoms with Crippen molar-refractivity contribution >= 4 is 34.8 Å². The smallest absolute Gasteiger partial charge is 0.248 e. The summed E-state index contributed by atoms with van der Waals surface area (Å²) in [5.41, 5.74) is 7.62. The lowest BCUT2D eigenvalue weighted by molar-refractivity contribution is -0.117. The van der Waals surface area contributed by atoms with Crippen LogP contribution in [0.15, 0.2) is 48.5 Å². The fraction of sp³-hybridized carbons (Fsp3) is 0.286. The van der Waals surface area contributed by atoms with Gasteiger partial charge in [0, 0.05) is 29.0 Å². The maximum atomic E-state index is 12.3. The van der Waals surface area contributed by atoms with Crippen LogP contribution in [0.1, 0.15) is 37.6 Å². The SMILES string of the molecule is CC(C)CC(=O)Nc1ccc(NC(C)C(=O)Nc2ccc(C(N)=O)cc2)cc1. The van der Waals surface area contributed by atoms with E-state index in [1.807, 2.05) is 13.8 Å². The first kappa shape index (κ1) is 21.0. The van der Waals surface area contributed by atoms with Crippen LogP contribution in [0, 0.1) is 5.92 Å². The monoisotopic (exact) mass is 382 g/mol. The summed E-state index contributed by atoms with van der Waals surface area (Å²) < 4.78 is 0. The number of benzene rings is 2. The Morgan fingerprint density at radius 2 is 1.32 bits per heavy atom. The van der Waals surface area contributed by atoms with Crippen molar-refractivity contribution in [2.24, 2.45) is 11.7 Å². The summed E-state index contributed by atoms with van der Waals surface area (Å²) in [4.78, 5) is 35.2. The molecular weight excluding hydrogens is 356 g/mol. The Morgan fingerprint density at radius 3 is 1.86 bits per heavy atom. The highest BCUT2D eigenvalue weighted by Gasteiger charge is 2.13. The zero-order valence-electron chi connectivity index (χ0n) is 16.3. The fourth-order valence-corrected chi connectivity index (χ4v) is 2.52. The molecule has 7 heteroatoms. The zero-order valence-corrected chi connectivity index (χ0v) is 16.3. The molecule has 2 rings (SSSR count). The largest absolute Gasteiger partial charge is 0.374 e. The van der Waals surface area contributed by atoms with Crippen molar-refractivity contribution in [3.8, 4) is 0 Å². The van der Waals surface area contributed by atoms with E-state index < -0.39 is 11.9 Å². The van der Waals surface area contributed by atoms with E-state index in [2.05, 4.69) is 16.0 Å². The Bertz CT molecular complexity index is 830. The Balaban J connectivity index is 1.89. The second-order valence-electron chi connectivity index (χ2n) is 7.02. The van der Waals surface area contributed by atoms with E-state index in [1.54, 1.807) is 55.5 Å². The number of nitrogens with one attached hydrogen (secondary N) is 3. The van der Waals surface area contributed by atoms with Crippen LogP contribution in [0.4, 0.5) is 17.1 Å². The van der Waals surface area contributed by atoms with Gasteiger partial charge in [-0.1, -0.05) is 13.8 Å². The van der Waals surface area contributed by atoms with Crippen molar-refractivity contribution in [2.75, 3.05) is 16.0 Å². The van der Waals surface area contributed by atoms with Gasteiger partial charge in [-0.2, -0.15) is 0 Å². The third kappa shape index (κ3) is 6.42. The summed E-state index contributed by atoms with van der Waals surface area (Å²) in [5, 5.41) is 8.72. The maximum absolute atomic E-state index is 12.3. The van der Waals surface area contributed by atoms with E-state index in [0.717, 1.165) is 5.69 Å². The first-order valence-electron chi connectivity index (χ1n) is 9.11. The third-order valence-corrected chi connectivity index (χ3v) is 3.98. The number of carbonyl (C=O) groups is 3. The van der Waals surface area contributed by atoms with Gasteiger partial charge in [-0.25, -0.2) is 0 Å². The van der Waals surface area contributed by atoms with E-state index in [0.29, 0.717) is 29.3 Å². The lowest BCUT2D eigenvalue weighted by atomic mass is 10.1. The number of rotatable bonds is 8. The van der Waals surface area contributed by atoms with E-state index in [4.69, 9.17) is 5.73 Å². The molecule has 0 aromatic heterocycles. The van der Waals surface area contributed by atoms with Gasteiger partial charge in [0.1, 0.15) is 6.04 Å². The Morgan fingerprint density at radius 1 is 0.821 bits per heavy atom. The van der Waals surface area contributed by atoms with Crippen molar-refractivity contribution in [1.29, 1.82) is 0 Å². The molecule has 2 aromatic carbocycles. The fourth-order valence-electron chi connectivity index (χ4n) is 2.52. The molecule has 0 bridgehead atoms. The summed E-state index contributed by atoms with van der Waals surface area (Å²) in [7, 11) is 0. The topological polar surface area (TPSA) is 113 Å². The van der Waals surface area contributed by atoms with Crippen LogP contribution in [0.3, 0.4) is 0 Å². The summed E-state index contributed by atoms with van der Waals surface area (Å²) >= 11 is 0. The van der Waals surface area contributed by atoms with Gasteiger partial charge in [-0.3, -0.25) is 14.4 Å². The van der Waals surface area contributed by atoms with E-state index in [-0.39, 0.29) is 11.8 Å². The predicted octanol–water partition coefficient (Wildman–Crippen LogP) is 3.21. The molecule has 0 aliphatic rings. The van der Waals surface area contributed by atoms with Gasteiger partial charge in [0.05, 0.1) is 0 Å². The molecule has 1 unspecified atom stereocenters. The molecule has 5 N–H and O–H groups in total. The van der Waals surface area contributed by atoms with E-state index in [1.165, 1.54) is 0 Å². The highest BCUT2D eigenvalue weighted by Crippen LogP contribution is 2.16. The quantitative estimate of drug-likeness (QED) is 0.561. The second-order valence-corrected chi connectivity index (χ2v) is 7.02. The normalized spacial score (nSPS) is 11.6. The lowest BCUT2D eigenvalue weighted by Gasteiger charge is -2.16. The molecule has 0 aliphatic carbocycles. The van der Waals surface area contributed by atoms with Crippen molar-refractivity contribution < 1.29 is 14.4 Å². The van der Waals surface area contributed by atoms with Crippen LogP contribution in [0.5, 0.6) is 0 Å². The number of amides is 3. The molecule has 0 saturated heterocycles. The van der Waals surface area contributed by atoms with Gasteiger partial charge < -0.3 is 21.7 Å². The first-order chi connectivity index (χ1) is 13.2. The van der Waals surface area contributed by atoms with Crippen molar-refractivity contribution in [1.82, 2.24) is 0 Å². The molecule has 28 heavy (non-hydrogen) atoms. The van der Waals surface area contributed by atoms with Gasteiger partial charge in [-0.15, -0.1) is 0 Å². The van der Waals surface area contributed by atoms with Crippen LogP contribution in [0.2, 0.25) is 0 Å². The summed E-state index contributed by atoms with van der Waals surface area (Å²) in [6.07, 6.45) is 0.470. The van der Waals surface area contributed by atoms with Crippen LogP contribution < -0.4 is 21.7 Å². The Kier molecular flexibility index (Phi) is 7.14. The molecule has 3 amide bonds. The highest BCUT2D eigenvalue weighted by atomic mass is 16.2. The van der Waals surface area contributed by atoms with Crippen LogP contribution in [0.25, 0.3) is 0 Å². The molecule has 7 nitrogen and oxygen atoms in total. The second kappa shape index (κ2) is 9.55. The van der Waals surface area contributed by atoms with E-state index in [9.17, 15) is 14.4 Å². The van der Waals surface area contributed by atoms with Crippen LogP contribution in [-0.2, 0) is 9.59 Å². The average molecular weight is 382 g/mol. The number of anilines is 3. The number of nitrogens with two attached hydrogens (primary N) is 1. The molecule has 148 valence electrons. The number of primary amides is 1. The standard InChI is InChI=1S/C21H26N4O3/c1-13(2)12-19(26)24-17-10-8-16(9-11-17)23-14(3)21(28)25-18-6-4-15(5-7-18)20(22)27/h4-11,13-14,23H,12H2,1-3H3,(H2,22,27)(H,24,26)(H,25,28). The third-order valence-electron chi connectivity index (χ3n) is 3.98. The number of carbonyl (C=O) groups excluding carboxylic acids is 3. The van der Waals surface area contributed by atoms with Crippen LogP contribution >= 0.6 is 0 Å².